The minimum atomic E-state index is 0.396. The van der Waals surface area contributed by atoms with E-state index in [0.29, 0.717) is 12.5 Å². The highest BCUT2D eigenvalue weighted by atomic mass is 33.1. The fourth-order valence-electron chi connectivity index (χ4n) is 1.59. The fraction of sp³-hybridized carbons (Fsp3) is 0.750. The van der Waals surface area contributed by atoms with Crippen LogP contribution in [0.15, 0.2) is 15.8 Å². The molecule has 19 heavy (non-hydrogen) atoms. The lowest BCUT2D eigenvalue weighted by Crippen LogP contribution is -2.38. The van der Waals surface area contributed by atoms with Crippen LogP contribution in [0.5, 0.6) is 0 Å². The molecule has 2 N–H and O–H groups in total. The second-order valence-corrected chi connectivity index (χ2v) is 5.33. The number of nitrogens with two attached hydrogens (primary N) is 1. The standard InChI is InChI=1S/C12H23N3O2S2/c1-2-3-14-10-11(19-18)12(13)17-9-6-15-4-7-16-8-5-15/h10,18H,2-9,13H2,1H3. The summed E-state index contributed by atoms with van der Waals surface area (Å²) in [7, 11) is 1.26. The van der Waals surface area contributed by atoms with Gasteiger partial charge in [0, 0.05) is 32.4 Å². The van der Waals surface area contributed by atoms with Crippen molar-refractivity contribution in [1.29, 1.82) is 0 Å². The Balaban J connectivity index is 2.31. The van der Waals surface area contributed by atoms with Gasteiger partial charge in [-0.05, 0) is 6.42 Å². The molecule has 0 aromatic rings. The van der Waals surface area contributed by atoms with E-state index in [9.17, 15) is 0 Å². The van der Waals surface area contributed by atoms with Gasteiger partial charge in [-0.1, -0.05) is 17.7 Å². The van der Waals surface area contributed by atoms with Gasteiger partial charge in [-0.2, -0.15) is 0 Å². The highest BCUT2D eigenvalue weighted by Gasteiger charge is 2.10. The Kier molecular flexibility index (Phi) is 9.15. The molecule has 0 aromatic carbocycles. The molecule has 0 spiro atoms. The molecule has 1 aliphatic heterocycles. The predicted octanol–water partition coefficient (Wildman–Crippen LogP) is 1.52. The third kappa shape index (κ3) is 7.10. The average Bonchev–Trinajstić information content (AvgIpc) is 2.44. The van der Waals surface area contributed by atoms with Crippen molar-refractivity contribution in [2.24, 2.45) is 10.7 Å². The summed E-state index contributed by atoms with van der Waals surface area (Å²) in [6.07, 6.45) is 2.74. The molecule has 7 heteroatoms. The van der Waals surface area contributed by atoms with Gasteiger partial charge in [-0.15, -0.1) is 11.7 Å². The summed E-state index contributed by atoms with van der Waals surface area (Å²) in [5.74, 6) is 0.396. The van der Waals surface area contributed by atoms with E-state index in [1.165, 1.54) is 10.8 Å². The quantitative estimate of drug-likeness (QED) is 0.308. The van der Waals surface area contributed by atoms with E-state index in [2.05, 4.69) is 28.5 Å². The van der Waals surface area contributed by atoms with Crippen LogP contribution in [0, 0.1) is 0 Å². The molecular weight excluding hydrogens is 282 g/mol. The van der Waals surface area contributed by atoms with Crippen LogP contribution in [-0.2, 0) is 9.47 Å². The van der Waals surface area contributed by atoms with Crippen LogP contribution in [0.1, 0.15) is 13.3 Å². The number of ether oxygens (including phenoxy) is 2. The smallest absolute Gasteiger partial charge is 0.200 e. The van der Waals surface area contributed by atoms with Gasteiger partial charge in [0.15, 0.2) is 0 Å². The highest BCUT2D eigenvalue weighted by molar-refractivity contribution is 8.70. The lowest BCUT2D eigenvalue weighted by atomic mass is 10.4. The normalized spacial score (nSPS) is 18.6. The van der Waals surface area contributed by atoms with Gasteiger partial charge in [0.25, 0.3) is 0 Å². The summed E-state index contributed by atoms with van der Waals surface area (Å²) in [5, 5.41) is 0. The molecule has 5 nitrogen and oxygen atoms in total. The van der Waals surface area contributed by atoms with Crippen molar-refractivity contribution in [3.05, 3.63) is 10.8 Å². The van der Waals surface area contributed by atoms with Crippen LogP contribution < -0.4 is 5.73 Å². The summed E-state index contributed by atoms with van der Waals surface area (Å²) in [4.78, 5) is 7.30. The second kappa shape index (κ2) is 10.4. The third-order valence-corrected chi connectivity index (χ3v) is 3.76. The molecule has 1 aliphatic rings. The van der Waals surface area contributed by atoms with Crippen LogP contribution >= 0.6 is 22.5 Å². The van der Waals surface area contributed by atoms with Gasteiger partial charge in [0.2, 0.25) is 5.88 Å². The molecule has 1 fully saturated rings. The van der Waals surface area contributed by atoms with Gasteiger partial charge in [0.1, 0.15) is 6.61 Å². The number of thiol groups is 1. The molecule has 0 radical (unpaired) electrons. The number of hydrogen-bond acceptors (Lipinski definition) is 7. The maximum Gasteiger partial charge on any atom is 0.200 e. The summed E-state index contributed by atoms with van der Waals surface area (Å²) in [6, 6.07) is 0. The lowest BCUT2D eigenvalue weighted by Gasteiger charge is -2.26. The monoisotopic (exact) mass is 305 g/mol. The van der Waals surface area contributed by atoms with Crippen LogP contribution in [0.3, 0.4) is 0 Å². The molecule has 110 valence electrons. The molecule has 0 bridgehead atoms. The first kappa shape index (κ1) is 16.7. The van der Waals surface area contributed by atoms with Crippen LogP contribution in [0.2, 0.25) is 0 Å². The summed E-state index contributed by atoms with van der Waals surface area (Å²) >= 11 is 4.16. The van der Waals surface area contributed by atoms with E-state index < -0.39 is 0 Å². The van der Waals surface area contributed by atoms with Gasteiger partial charge in [-0.25, -0.2) is 0 Å². The summed E-state index contributed by atoms with van der Waals surface area (Å²) < 4.78 is 10.8. The highest BCUT2D eigenvalue weighted by Crippen LogP contribution is 2.19. The molecule has 0 unspecified atom stereocenters. The lowest BCUT2D eigenvalue weighted by molar-refractivity contribution is 0.0273. The fourth-order valence-corrected chi connectivity index (χ4v) is 2.27. The minimum Gasteiger partial charge on any atom is -0.477 e. The van der Waals surface area contributed by atoms with Gasteiger partial charge < -0.3 is 15.2 Å². The Labute approximate surface area is 124 Å². The zero-order valence-electron chi connectivity index (χ0n) is 11.4. The van der Waals surface area contributed by atoms with Crippen molar-refractivity contribution >= 4 is 28.7 Å². The Morgan fingerprint density at radius 1 is 1.53 bits per heavy atom. The van der Waals surface area contributed by atoms with E-state index in [0.717, 1.165) is 50.7 Å². The van der Waals surface area contributed by atoms with E-state index in [4.69, 9.17) is 15.2 Å². The van der Waals surface area contributed by atoms with Gasteiger partial charge in [-0.3, -0.25) is 9.89 Å². The van der Waals surface area contributed by atoms with Gasteiger partial charge in [0.05, 0.1) is 18.1 Å². The number of aliphatic imine (C=N–C) groups is 1. The van der Waals surface area contributed by atoms with Crippen LogP contribution in [0.4, 0.5) is 0 Å². The minimum absolute atomic E-state index is 0.396. The second-order valence-electron chi connectivity index (χ2n) is 4.16. The molecule has 0 atom stereocenters. The maximum absolute atomic E-state index is 5.88. The van der Waals surface area contributed by atoms with Crippen molar-refractivity contribution in [1.82, 2.24) is 4.90 Å². The first-order chi connectivity index (χ1) is 9.27. The SMILES string of the molecule is CCCN=CC(SS)=C(N)OCCN1CCOCC1. The zero-order chi connectivity index (χ0) is 13.9. The first-order valence-corrected chi connectivity index (χ1v) is 8.38. The molecular formula is C12H23N3O2S2. The molecule has 0 aromatic heterocycles. The first-order valence-electron chi connectivity index (χ1n) is 6.51. The molecule has 1 rings (SSSR count). The maximum atomic E-state index is 5.88. The Bertz CT molecular complexity index is 305. The molecule has 0 amide bonds. The van der Waals surface area contributed by atoms with Crippen molar-refractivity contribution in [3.8, 4) is 0 Å². The third-order valence-electron chi connectivity index (χ3n) is 2.67. The largest absolute Gasteiger partial charge is 0.477 e. The Morgan fingerprint density at radius 3 is 2.89 bits per heavy atom. The van der Waals surface area contributed by atoms with E-state index in [-0.39, 0.29) is 0 Å². The number of morpholine rings is 1. The predicted molar refractivity (Wildman–Crippen MR) is 84.7 cm³/mol. The molecule has 0 aliphatic carbocycles. The number of allylic oxidation sites excluding steroid dienone is 1. The number of rotatable bonds is 8. The van der Waals surface area contributed by atoms with Crippen LogP contribution in [-0.4, -0.2) is 57.1 Å². The Hall–Kier alpha value is -0.370. The van der Waals surface area contributed by atoms with Crippen molar-refractivity contribution < 1.29 is 9.47 Å². The molecule has 1 saturated heterocycles. The van der Waals surface area contributed by atoms with Crippen molar-refractivity contribution in [2.45, 2.75) is 13.3 Å². The van der Waals surface area contributed by atoms with E-state index >= 15 is 0 Å². The zero-order valence-corrected chi connectivity index (χ0v) is 13.1. The molecule has 0 saturated carbocycles. The van der Waals surface area contributed by atoms with Crippen molar-refractivity contribution in [2.75, 3.05) is 46.0 Å². The summed E-state index contributed by atoms with van der Waals surface area (Å²) in [5.41, 5.74) is 5.88. The average molecular weight is 305 g/mol. The Morgan fingerprint density at radius 2 is 2.26 bits per heavy atom. The number of hydrogen-bond donors (Lipinski definition) is 2. The molecule has 1 heterocycles. The van der Waals surface area contributed by atoms with Gasteiger partial charge >= 0.3 is 0 Å². The van der Waals surface area contributed by atoms with E-state index in [1.54, 1.807) is 6.21 Å². The van der Waals surface area contributed by atoms with Crippen molar-refractivity contribution in [3.63, 3.8) is 0 Å². The van der Waals surface area contributed by atoms with Crippen LogP contribution in [0.25, 0.3) is 0 Å². The topological polar surface area (TPSA) is 60.1 Å². The van der Waals surface area contributed by atoms with E-state index in [1.807, 2.05) is 0 Å². The summed E-state index contributed by atoms with van der Waals surface area (Å²) in [6.45, 7) is 7.82. The number of nitrogens with zero attached hydrogens (tertiary/aromatic N) is 2.